The molecule has 70 heavy (non-hydrogen) atoms. The number of benzene rings is 8. The van der Waals surface area contributed by atoms with Crippen LogP contribution in [0.2, 0.25) is 0 Å². The van der Waals surface area contributed by atoms with Crippen LogP contribution in [-0.2, 0) is 27.1 Å². The predicted octanol–water partition coefficient (Wildman–Crippen LogP) is 16.9. The maximum absolute atomic E-state index is 2.78. The summed E-state index contributed by atoms with van der Waals surface area (Å²) in [5.41, 5.74) is 26.9. The van der Waals surface area contributed by atoms with E-state index in [9.17, 15) is 0 Å². The summed E-state index contributed by atoms with van der Waals surface area (Å²) in [6.07, 6.45) is 0. The normalized spacial score (nSPS) is 16.0. The number of hydrogen-bond acceptors (Lipinski definition) is 2. The van der Waals surface area contributed by atoms with Gasteiger partial charge in [0.05, 0.1) is 11.0 Å². The molecule has 0 bridgehead atoms. The van der Waals surface area contributed by atoms with E-state index in [4.69, 9.17) is 0 Å². The quantitative estimate of drug-likeness (QED) is 0.149. The molecule has 0 atom stereocenters. The third-order valence-electron chi connectivity index (χ3n) is 17.4. The van der Waals surface area contributed by atoms with Crippen molar-refractivity contribution in [2.45, 2.75) is 117 Å². The molecule has 0 radical (unpaired) electrons. The average Bonchev–Trinajstić information content (AvgIpc) is 4.00. The fourth-order valence-electron chi connectivity index (χ4n) is 13.5. The Morgan fingerprint density at radius 2 is 1.06 bits per heavy atom. The Labute approximate surface area is 418 Å². The molecule has 0 amide bonds. The van der Waals surface area contributed by atoms with Crippen molar-refractivity contribution < 1.29 is 0 Å². The minimum Gasteiger partial charge on any atom is -0.376 e. The second kappa shape index (κ2) is 13.3. The molecular formula is C66H61BN2S. The predicted molar refractivity (Wildman–Crippen MR) is 304 cm³/mol. The van der Waals surface area contributed by atoms with Crippen LogP contribution in [0.1, 0.15) is 129 Å². The van der Waals surface area contributed by atoms with Crippen LogP contribution < -0.4 is 15.7 Å². The van der Waals surface area contributed by atoms with Crippen LogP contribution in [-0.4, -0.2) is 11.4 Å². The minimum atomic E-state index is -0.194. The van der Waals surface area contributed by atoms with Gasteiger partial charge in [-0.1, -0.05) is 175 Å². The second-order valence-electron chi connectivity index (χ2n) is 25.4. The molecule has 344 valence electrons. The van der Waals surface area contributed by atoms with Crippen molar-refractivity contribution in [3.8, 4) is 39.1 Å². The molecule has 8 aromatic carbocycles. The van der Waals surface area contributed by atoms with Crippen molar-refractivity contribution in [1.82, 2.24) is 4.57 Å². The Kier molecular flexibility index (Phi) is 8.10. The second-order valence-corrected chi connectivity index (χ2v) is 26.4. The van der Waals surface area contributed by atoms with Gasteiger partial charge in [0.1, 0.15) is 0 Å². The van der Waals surface area contributed by atoms with Gasteiger partial charge in [-0.2, -0.15) is 0 Å². The molecule has 0 unspecified atom stereocenters. The molecule has 2 aliphatic carbocycles. The number of thiophene rings is 1. The van der Waals surface area contributed by atoms with E-state index < -0.39 is 0 Å². The van der Waals surface area contributed by atoms with E-state index >= 15 is 0 Å². The summed E-state index contributed by atoms with van der Waals surface area (Å²) in [7, 11) is 0. The monoisotopic (exact) mass is 924 g/mol. The fraction of sp³-hybridized carbons (Fsp3) is 0.273. The summed E-state index contributed by atoms with van der Waals surface area (Å²) in [6.45, 7) is 30.8. The zero-order valence-corrected chi connectivity index (χ0v) is 43.9. The van der Waals surface area contributed by atoms with Crippen LogP contribution in [0.25, 0.3) is 81.0 Å². The summed E-state index contributed by atoms with van der Waals surface area (Å²) < 4.78 is 5.45. The molecule has 0 spiro atoms. The van der Waals surface area contributed by atoms with Crippen LogP contribution in [0, 0.1) is 0 Å². The van der Waals surface area contributed by atoms with Gasteiger partial charge in [0.2, 0.25) is 0 Å². The summed E-state index contributed by atoms with van der Waals surface area (Å²) in [5, 5.41) is 5.49. The Morgan fingerprint density at radius 3 is 1.79 bits per heavy atom. The molecule has 0 saturated carbocycles. The lowest BCUT2D eigenvalue weighted by Crippen LogP contribution is -2.60. The smallest absolute Gasteiger partial charge is 0.333 e. The van der Waals surface area contributed by atoms with Crippen molar-refractivity contribution in [3.05, 3.63) is 172 Å². The first kappa shape index (κ1) is 42.5. The standard InChI is InChI=1S/C66H61BN2S/c1-62(2,3)36-22-26-39(27-23-36)69-53-33-43-41-28-24-38(64(7,8)9)31-48(41)66(12,13)49(43)32-46(53)56-57-42-19-15-17-21-55(42)70-61(57)58-45-30-37(63(4,5)6)25-29-52(45)68-54-34-44-40-18-14-16-20-47(40)65(10,11)50(44)35-51(54)67(69)59(56)60(58)68/h14-35H,1-13H3. The van der Waals surface area contributed by atoms with Gasteiger partial charge in [-0.3, -0.25) is 0 Å². The molecule has 0 N–H and O–H groups in total. The van der Waals surface area contributed by atoms with E-state index in [1.54, 1.807) is 0 Å². The first-order valence-electron chi connectivity index (χ1n) is 25.6. The number of fused-ring (bicyclic) bond motifs is 19. The third kappa shape index (κ3) is 5.36. The number of rotatable bonds is 1. The van der Waals surface area contributed by atoms with E-state index in [2.05, 4.69) is 233 Å². The van der Waals surface area contributed by atoms with Gasteiger partial charge in [0, 0.05) is 64.4 Å². The van der Waals surface area contributed by atoms with Crippen molar-refractivity contribution in [3.63, 3.8) is 0 Å². The fourth-order valence-corrected chi connectivity index (χ4v) is 14.8. The number of nitrogens with zero attached hydrogens (tertiary/aromatic N) is 2. The zero-order chi connectivity index (χ0) is 48.5. The van der Waals surface area contributed by atoms with Gasteiger partial charge >= 0.3 is 6.85 Å². The molecule has 0 saturated heterocycles. The molecule has 4 heteroatoms. The first-order valence-corrected chi connectivity index (χ1v) is 26.4. The zero-order valence-electron chi connectivity index (χ0n) is 43.1. The highest BCUT2D eigenvalue weighted by atomic mass is 32.1. The van der Waals surface area contributed by atoms with Gasteiger partial charge in [0.25, 0.3) is 0 Å². The van der Waals surface area contributed by atoms with E-state index in [0.717, 1.165) is 0 Å². The molecule has 0 fully saturated rings. The van der Waals surface area contributed by atoms with Crippen LogP contribution in [0.3, 0.4) is 0 Å². The Hall–Kier alpha value is -6.36. The van der Waals surface area contributed by atoms with Gasteiger partial charge < -0.3 is 9.38 Å². The van der Waals surface area contributed by atoms with Gasteiger partial charge in [-0.15, -0.1) is 11.3 Å². The van der Waals surface area contributed by atoms with E-state index in [1.165, 1.54) is 142 Å². The topological polar surface area (TPSA) is 8.17 Å². The number of anilines is 2. The maximum Gasteiger partial charge on any atom is 0.333 e. The largest absolute Gasteiger partial charge is 0.376 e. The van der Waals surface area contributed by atoms with Gasteiger partial charge in [0.15, 0.2) is 0 Å². The lowest BCUT2D eigenvalue weighted by Gasteiger charge is -2.43. The number of aromatic nitrogens is 1. The van der Waals surface area contributed by atoms with Crippen LogP contribution >= 0.6 is 11.3 Å². The highest BCUT2D eigenvalue weighted by Crippen LogP contribution is 2.58. The SMILES string of the molecule is CC(C)(C)c1ccc(N2B3c4cc5c(cc4-n4c6ccc(C(C)(C)C)cc6c6c7sc8ccccc8c7c(c3c64)-c3cc4c(cc32)-c2ccc(C(C)(C)C)cc2C4(C)C)-c2ccccc2C5(C)C)cc1. The molecule has 4 heterocycles. The maximum atomic E-state index is 2.78. The Balaban J connectivity index is 1.20. The highest BCUT2D eigenvalue weighted by Gasteiger charge is 2.49. The highest BCUT2D eigenvalue weighted by molar-refractivity contribution is 7.27. The van der Waals surface area contributed by atoms with E-state index in [0.29, 0.717) is 0 Å². The van der Waals surface area contributed by atoms with Crippen LogP contribution in [0.5, 0.6) is 0 Å². The molecule has 14 rings (SSSR count). The molecule has 2 aliphatic heterocycles. The van der Waals surface area contributed by atoms with Crippen molar-refractivity contribution >= 4 is 82.5 Å². The van der Waals surface area contributed by atoms with Crippen molar-refractivity contribution in [2.75, 3.05) is 4.81 Å². The minimum absolute atomic E-state index is 0.0137. The Morgan fingerprint density at radius 1 is 0.471 bits per heavy atom. The molecule has 10 aromatic rings. The Bertz CT molecular complexity index is 4000. The lowest BCUT2D eigenvalue weighted by atomic mass is 9.43. The summed E-state index contributed by atoms with van der Waals surface area (Å²) in [4.78, 5) is 2.78. The van der Waals surface area contributed by atoms with Gasteiger partial charge in [-0.25, -0.2) is 0 Å². The lowest BCUT2D eigenvalue weighted by molar-refractivity contribution is 0.584. The molecule has 4 aliphatic rings. The van der Waals surface area contributed by atoms with Crippen LogP contribution in [0.4, 0.5) is 11.4 Å². The van der Waals surface area contributed by atoms with Gasteiger partial charge in [-0.05, 0) is 142 Å². The first-order chi connectivity index (χ1) is 33.1. The van der Waals surface area contributed by atoms with E-state index in [-0.39, 0.29) is 33.9 Å². The van der Waals surface area contributed by atoms with E-state index in [1.807, 2.05) is 11.3 Å². The van der Waals surface area contributed by atoms with Crippen molar-refractivity contribution in [1.29, 1.82) is 0 Å². The van der Waals surface area contributed by atoms with Crippen LogP contribution in [0.15, 0.2) is 133 Å². The molecule has 2 nitrogen and oxygen atoms in total. The third-order valence-corrected chi connectivity index (χ3v) is 18.6. The summed E-state index contributed by atoms with van der Waals surface area (Å²) >= 11 is 1.99. The molecular weight excluding hydrogens is 864 g/mol. The summed E-state index contributed by atoms with van der Waals surface area (Å²) in [5.74, 6) is 0. The van der Waals surface area contributed by atoms with Crippen molar-refractivity contribution in [2.24, 2.45) is 0 Å². The molecule has 2 aromatic heterocycles. The summed E-state index contributed by atoms with van der Waals surface area (Å²) in [6, 6.07) is 53.4. The average molecular weight is 925 g/mol. The number of hydrogen-bond donors (Lipinski definition) is 0.